The van der Waals surface area contributed by atoms with Gasteiger partial charge >= 0.3 is 0 Å². The maximum Gasteiger partial charge on any atom is 0.115 e. The van der Waals surface area contributed by atoms with Crippen molar-refractivity contribution in [1.82, 2.24) is 5.32 Å². The standard InChI is InChI=1S/C15H23NOS/c1-12(16-10-14-8-9-18-11-14)2-3-13-4-6-15(17)7-5-13/h4-7,12,14,16-17H,2-3,8-11H2,1H3. The summed E-state index contributed by atoms with van der Waals surface area (Å²) in [6.07, 6.45) is 3.61. The Bertz CT molecular complexity index is 346. The summed E-state index contributed by atoms with van der Waals surface area (Å²) in [4.78, 5) is 0. The molecule has 100 valence electrons. The normalized spacial score (nSPS) is 21.1. The number of nitrogens with one attached hydrogen (secondary N) is 1. The van der Waals surface area contributed by atoms with E-state index in [1.165, 1.54) is 30.0 Å². The van der Waals surface area contributed by atoms with Crippen LogP contribution in [0.5, 0.6) is 5.75 Å². The van der Waals surface area contributed by atoms with Crippen molar-refractivity contribution >= 4 is 11.8 Å². The van der Waals surface area contributed by atoms with E-state index in [0.29, 0.717) is 11.8 Å². The first-order chi connectivity index (χ1) is 8.74. The van der Waals surface area contributed by atoms with Crippen molar-refractivity contribution in [2.24, 2.45) is 5.92 Å². The Morgan fingerprint density at radius 1 is 1.39 bits per heavy atom. The second-order valence-electron chi connectivity index (χ2n) is 5.24. The summed E-state index contributed by atoms with van der Waals surface area (Å²) in [6.45, 7) is 3.44. The second kappa shape index (κ2) is 7.05. The van der Waals surface area contributed by atoms with E-state index >= 15 is 0 Å². The molecule has 1 fully saturated rings. The number of benzene rings is 1. The highest BCUT2D eigenvalue weighted by Gasteiger charge is 2.15. The van der Waals surface area contributed by atoms with Gasteiger partial charge in [0.15, 0.2) is 0 Å². The van der Waals surface area contributed by atoms with Crippen molar-refractivity contribution in [3.63, 3.8) is 0 Å². The molecular weight excluding hydrogens is 242 g/mol. The molecule has 0 amide bonds. The van der Waals surface area contributed by atoms with Gasteiger partial charge in [-0.3, -0.25) is 0 Å². The van der Waals surface area contributed by atoms with Crippen LogP contribution in [0.1, 0.15) is 25.3 Å². The third kappa shape index (κ3) is 4.54. The van der Waals surface area contributed by atoms with E-state index in [1.54, 1.807) is 12.1 Å². The zero-order chi connectivity index (χ0) is 12.8. The fourth-order valence-corrected chi connectivity index (χ4v) is 3.54. The van der Waals surface area contributed by atoms with Gasteiger partial charge in [-0.05, 0) is 67.9 Å². The smallest absolute Gasteiger partial charge is 0.115 e. The molecule has 2 atom stereocenters. The van der Waals surface area contributed by atoms with E-state index in [9.17, 15) is 5.11 Å². The lowest BCUT2D eigenvalue weighted by molar-refractivity contribution is 0.450. The van der Waals surface area contributed by atoms with E-state index in [0.717, 1.165) is 18.8 Å². The van der Waals surface area contributed by atoms with Crippen LogP contribution < -0.4 is 5.32 Å². The van der Waals surface area contributed by atoms with Crippen LogP contribution in [0, 0.1) is 5.92 Å². The number of aryl methyl sites for hydroxylation is 1. The molecule has 0 radical (unpaired) electrons. The summed E-state index contributed by atoms with van der Waals surface area (Å²) in [5.41, 5.74) is 1.30. The molecule has 2 nitrogen and oxygen atoms in total. The van der Waals surface area contributed by atoms with Crippen molar-refractivity contribution in [3.05, 3.63) is 29.8 Å². The van der Waals surface area contributed by atoms with Gasteiger partial charge in [-0.15, -0.1) is 0 Å². The molecule has 1 aromatic carbocycles. The molecule has 18 heavy (non-hydrogen) atoms. The lowest BCUT2D eigenvalue weighted by Crippen LogP contribution is -2.31. The molecule has 1 saturated heterocycles. The first-order valence-corrected chi connectivity index (χ1v) is 7.98. The maximum absolute atomic E-state index is 9.23. The van der Waals surface area contributed by atoms with Gasteiger partial charge in [0.1, 0.15) is 5.75 Å². The third-order valence-corrected chi connectivity index (χ3v) is 4.81. The highest BCUT2D eigenvalue weighted by Crippen LogP contribution is 2.22. The average Bonchev–Trinajstić information content (AvgIpc) is 2.89. The van der Waals surface area contributed by atoms with Crippen molar-refractivity contribution in [2.45, 2.75) is 32.2 Å². The van der Waals surface area contributed by atoms with Crippen molar-refractivity contribution in [2.75, 3.05) is 18.1 Å². The lowest BCUT2D eigenvalue weighted by Gasteiger charge is -2.16. The topological polar surface area (TPSA) is 32.3 Å². The van der Waals surface area contributed by atoms with Crippen LogP contribution in [-0.4, -0.2) is 29.2 Å². The number of rotatable bonds is 6. The van der Waals surface area contributed by atoms with Crippen molar-refractivity contribution in [1.29, 1.82) is 0 Å². The zero-order valence-electron chi connectivity index (χ0n) is 11.1. The van der Waals surface area contributed by atoms with E-state index in [2.05, 4.69) is 24.0 Å². The first-order valence-electron chi connectivity index (χ1n) is 6.83. The molecule has 1 aromatic rings. The zero-order valence-corrected chi connectivity index (χ0v) is 11.9. The van der Waals surface area contributed by atoms with Crippen molar-refractivity contribution < 1.29 is 5.11 Å². The molecule has 0 spiro atoms. The largest absolute Gasteiger partial charge is 0.508 e. The number of hydrogen-bond acceptors (Lipinski definition) is 3. The summed E-state index contributed by atoms with van der Waals surface area (Å²) in [6, 6.07) is 8.13. The van der Waals surface area contributed by atoms with Gasteiger partial charge in [-0.2, -0.15) is 11.8 Å². The summed E-state index contributed by atoms with van der Waals surface area (Å²) in [5, 5.41) is 12.9. The van der Waals surface area contributed by atoms with Gasteiger partial charge in [-0.25, -0.2) is 0 Å². The minimum atomic E-state index is 0.351. The minimum absolute atomic E-state index is 0.351. The van der Waals surface area contributed by atoms with Crippen LogP contribution in [0.2, 0.25) is 0 Å². The highest BCUT2D eigenvalue weighted by atomic mass is 32.2. The van der Waals surface area contributed by atoms with Crippen LogP contribution in [0.25, 0.3) is 0 Å². The van der Waals surface area contributed by atoms with E-state index in [1.807, 2.05) is 12.1 Å². The predicted molar refractivity (Wildman–Crippen MR) is 79.3 cm³/mol. The Balaban J connectivity index is 1.64. The van der Waals surface area contributed by atoms with E-state index in [-0.39, 0.29) is 0 Å². The van der Waals surface area contributed by atoms with Crippen LogP contribution in [0.3, 0.4) is 0 Å². The monoisotopic (exact) mass is 265 g/mol. The molecule has 2 rings (SSSR count). The van der Waals surface area contributed by atoms with Crippen LogP contribution in [0.15, 0.2) is 24.3 Å². The molecule has 3 heteroatoms. The van der Waals surface area contributed by atoms with E-state index in [4.69, 9.17) is 0 Å². The number of phenolic OH excluding ortho intramolecular Hbond substituents is 1. The Morgan fingerprint density at radius 3 is 2.83 bits per heavy atom. The van der Waals surface area contributed by atoms with E-state index < -0.39 is 0 Å². The van der Waals surface area contributed by atoms with Gasteiger partial charge in [0.2, 0.25) is 0 Å². The van der Waals surface area contributed by atoms with Gasteiger partial charge in [0.05, 0.1) is 0 Å². The summed E-state index contributed by atoms with van der Waals surface area (Å²) >= 11 is 2.08. The second-order valence-corrected chi connectivity index (χ2v) is 6.39. The Labute approximate surface area is 114 Å². The molecule has 2 N–H and O–H groups in total. The molecule has 0 aliphatic carbocycles. The summed E-state index contributed by atoms with van der Waals surface area (Å²) in [5.74, 6) is 3.90. The molecular formula is C15H23NOS. The lowest BCUT2D eigenvalue weighted by atomic mass is 10.0. The van der Waals surface area contributed by atoms with Crippen LogP contribution in [-0.2, 0) is 6.42 Å². The first kappa shape index (κ1) is 13.8. The Hall–Kier alpha value is -0.670. The SMILES string of the molecule is CC(CCc1ccc(O)cc1)NCC1CCSC1. The van der Waals surface area contributed by atoms with Crippen molar-refractivity contribution in [3.8, 4) is 5.75 Å². The van der Waals surface area contributed by atoms with Gasteiger partial charge in [0.25, 0.3) is 0 Å². The number of aromatic hydroxyl groups is 1. The molecule has 2 unspecified atom stereocenters. The molecule has 0 saturated carbocycles. The maximum atomic E-state index is 9.23. The predicted octanol–water partition coefficient (Wildman–Crippen LogP) is 3.06. The summed E-state index contributed by atoms with van der Waals surface area (Å²) < 4.78 is 0. The molecule has 1 heterocycles. The Morgan fingerprint density at radius 2 is 2.17 bits per heavy atom. The summed E-state index contributed by atoms with van der Waals surface area (Å²) in [7, 11) is 0. The Kier molecular flexibility index (Phi) is 5.39. The van der Waals surface area contributed by atoms with Crippen LogP contribution >= 0.6 is 11.8 Å². The molecule has 0 aromatic heterocycles. The number of hydrogen-bond donors (Lipinski definition) is 2. The van der Waals surface area contributed by atoms with Gasteiger partial charge in [0, 0.05) is 6.04 Å². The minimum Gasteiger partial charge on any atom is -0.508 e. The number of thioether (sulfide) groups is 1. The van der Waals surface area contributed by atoms with Gasteiger partial charge < -0.3 is 10.4 Å². The third-order valence-electron chi connectivity index (χ3n) is 3.58. The number of phenols is 1. The average molecular weight is 265 g/mol. The molecule has 1 aliphatic rings. The highest BCUT2D eigenvalue weighted by molar-refractivity contribution is 7.99. The fourth-order valence-electron chi connectivity index (χ4n) is 2.26. The quantitative estimate of drug-likeness (QED) is 0.829. The molecule has 1 aliphatic heterocycles. The molecule has 0 bridgehead atoms. The fraction of sp³-hybridized carbons (Fsp3) is 0.600. The van der Waals surface area contributed by atoms with Gasteiger partial charge in [-0.1, -0.05) is 12.1 Å². The van der Waals surface area contributed by atoms with Crippen LogP contribution in [0.4, 0.5) is 0 Å².